The van der Waals surface area contributed by atoms with Crippen molar-refractivity contribution in [1.29, 1.82) is 0 Å². The first-order valence-corrected chi connectivity index (χ1v) is 7.33. The highest BCUT2D eigenvalue weighted by atomic mass is 16.5. The molecule has 0 radical (unpaired) electrons. The van der Waals surface area contributed by atoms with Crippen LogP contribution in [0.5, 0.6) is 0 Å². The summed E-state index contributed by atoms with van der Waals surface area (Å²) in [6.45, 7) is 5.56. The van der Waals surface area contributed by atoms with Gasteiger partial charge in [-0.05, 0) is 30.4 Å². The van der Waals surface area contributed by atoms with Crippen LogP contribution in [-0.4, -0.2) is 25.0 Å². The van der Waals surface area contributed by atoms with E-state index in [1.54, 1.807) is 0 Å². The molecule has 21 heavy (non-hydrogen) atoms. The normalized spacial score (nSPS) is 36.2. The summed E-state index contributed by atoms with van der Waals surface area (Å²) in [4.78, 5) is 23.8. The van der Waals surface area contributed by atoms with E-state index < -0.39 is 5.41 Å². The summed E-state index contributed by atoms with van der Waals surface area (Å²) in [5, 5.41) is 3.01. The number of nitrogens with one attached hydrogen (secondary N) is 1. The lowest BCUT2D eigenvalue weighted by Gasteiger charge is -2.67. The molecule has 2 aliphatic carbocycles. The van der Waals surface area contributed by atoms with Gasteiger partial charge in [0.1, 0.15) is 0 Å². The molecule has 112 valence electrons. The summed E-state index contributed by atoms with van der Waals surface area (Å²) in [6, 6.07) is 8.09. The van der Waals surface area contributed by atoms with Crippen molar-refractivity contribution < 1.29 is 14.3 Å². The lowest BCUT2D eigenvalue weighted by Crippen LogP contribution is -2.75. The third-order valence-corrected chi connectivity index (χ3v) is 5.51. The van der Waals surface area contributed by atoms with E-state index in [1.165, 1.54) is 25.2 Å². The number of rotatable bonds is 2. The zero-order valence-corrected chi connectivity index (χ0v) is 12.9. The van der Waals surface area contributed by atoms with Gasteiger partial charge in [-0.25, -0.2) is 0 Å². The van der Waals surface area contributed by atoms with E-state index in [2.05, 4.69) is 24.4 Å². The van der Waals surface area contributed by atoms with Gasteiger partial charge in [0.25, 0.3) is 0 Å². The summed E-state index contributed by atoms with van der Waals surface area (Å²) in [5.41, 5.74) is 1.80. The molecule has 4 heteroatoms. The van der Waals surface area contributed by atoms with Crippen molar-refractivity contribution in [3.63, 3.8) is 0 Å². The van der Waals surface area contributed by atoms with Crippen LogP contribution in [0, 0.1) is 5.41 Å². The quantitative estimate of drug-likeness (QED) is 0.848. The maximum absolute atomic E-state index is 12.2. The first-order chi connectivity index (χ1) is 9.87. The van der Waals surface area contributed by atoms with Gasteiger partial charge in [0.15, 0.2) is 0 Å². The highest BCUT2D eigenvalue weighted by Crippen LogP contribution is 2.68. The third-order valence-electron chi connectivity index (χ3n) is 5.51. The first kappa shape index (κ1) is 14.1. The highest BCUT2D eigenvalue weighted by Gasteiger charge is 2.71. The summed E-state index contributed by atoms with van der Waals surface area (Å²) in [6.07, 6.45) is 0.718. The van der Waals surface area contributed by atoms with E-state index in [-0.39, 0.29) is 23.3 Å². The zero-order chi connectivity index (χ0) is 15.4. The minimum absolute atomic E-state index is 0.106. The number of esters is 1. The van der Waals surface area contributed by atoms with Crippen LogP contribution in [0.25, 0.3) is 0 Å². The molecule has 1 aromatic rings. The van der Waals surface area contributed by atoms with Gasteiger partial charge in [-0.1, -0.05) is 31.2 Å². The second kappa shape index (κ2) is 4.33. The molecule has 0 aliphatic heterocycles. The van der Waals surface area contributed by atoms with Crippen molar-refractivity contribution in [1.82, 2.24) is 5.32 Å². The molecule has 0 bridgehead atoms. The summed E-state index contributed by atoms with van der Waals surface area (Å²) in [5.74, 6) is -0.0162. The Kier molecular flexibility index (Phi) is 2.91. The predicted molar refractivity (Wildman–Crippen MR) is 78.9 cm³/mol. The molecule has 1 amide bonds. The van der Waals surface area contributed by atoms with E-state index in [0.717, 1.165) is 6.42 Å². The number of methoxy groups -OCH3 is 1. The van der Waals surface area contributed by atoms with E-state index in [0.29, 0.717) is 5.92 Å². The Balaban J connectivity index is 2.02. The monoisotopic (exact) mass is 287 g/mol. The number of hydrogen-bond acceptors (Lipinski definition) is 3. The fraction of sp³-hybridized carbons (Fsp3) is 0.529. The van der Waals surface area contributed by atoms with Crippen LogP contribution in [0.15, 0.2) is 24.3 Å². The lowest BCUT2D eigenvalue weighted by atomic mass is 9.37. The van der Waals surface area contributed by atoms with Gasteiger partial charge < -0.3 is 10.1 Å². The van der Waals surface area contributed by atoms with Crippen molar-refractivity contribution in [3.05, 3.63) is 35.4 Å². The van der Waals surface area contributed by atoms with E-state index in [1.807, 2.05) is 19.1 Å². The predicted octanol–water partition coefficient (Wildman–Crippen LogP) is 2.13. The van der Waals surface area contributed by atoms with Crippen LogP contribution in [-0.2, 0) is 19.7 Å². The standard InChI is InChI=1S/C17H21NO3/c1-10-12-7-5-6-8-13(12)17(10)9-16(3,15(20)21-4)14(17)18-11(2)19/h5-8,10,14H,9H2,1-4H3,(H,18,19). The van der Waals surface area contributed by atoms with E-state index >= 15 is 0 Å². The topological polar surface area (TPSA) is 55.4 Å². The molecule has 4 nitrogen and oxygen atoms in total. The molecule has 1 saturated carbocycles. The minimum Gasteiger partial charge on any atom is -0.469 e. The molecule has 0 heterocycles. The van der Waals surface area contributed by atoms with Gasteiger partial charge in [-0.15, -0.1) is 0 Å². The number of carbonyl (C=O) groups is 2. The van der Waals surface area contributed by atoms with Crippen LogP contribution < -0.4 is 5.32 Å². The van der Waals surface area contributed by atoms with Gasteiger partial charge in [0.2, 0.25) is 5.91 Å². The molecular formula is C17H21NO3. The van der Waals surface area contributed by atoms with Crippen molar-refractivity contribution in [2.24, 2.45) is 5.41 Å². The Labute approximate surface area is 124 Å². The number of amides is 1. The van der Waals surface area contributed by atoms with Gasteiger partial charge >= 0.3 is 5.97 Å². The average Bonchev–Trinajstić information content (AvgIpc) is 2.48. The fourth-order valence-corrected chi connectivity index (χ4v) is 4.55. The summed E-state index contributed by atoms with van der Waals surface area (Å²) in [7, 11) is 1.40. The molecule has 2 aliphatic rings. The van der Waals surface area contributed by atoms with Crippen LogP contribution in [0.1, 0.15) is 44.2 Å². The Morgan fingerprint density at radius 2 is 2.00 bits per heavy atom. The zero-order valence-electron chi connectivity index (χ0n) is 12.9. The summed E-state index contributed by atoms with van der Waals surface area (Å²) >= 11 is 0. The van der Waals surface area contributed by atoms with Crippen LogP contribution in [0.4, 0.5) is 0 Å². The third kappa shape index (κ3) is 1.56. The molecule has 0 aromatic heterocycles. The number of hydrogen-bond donors (Lipinski definition) is 1. The van der Waals surface area contributed by atoms with Crippen molar-refractivity contribution >= 4 is 11.9 Å². The Morgan fingerprint density at radius 3 is 2.62 bits per heavy atom. The summed E-state index contributed by atoms with van der Waals surface area (Å²) < 4.78 is 4.96. The number of fused-ring (bicyclic) bond motifs is 2. The van der Waals surface area contributed by atoms with E-state index in [9.17, 15) is 9.59 Å². The van der Waals surface area contributed by atoms with Crippen LogP contribution >= 0.6 is 0 Å². The average molecular weight is 287 g/mol. The molecule has 1 aromatic carbocycles. The molecule has 4 unspecified atom stereocenters. The van der Waals surface area contributed by atoms with Gasteiger partial charge in [0, 0.05) is 12.3 Å². The largest absolute Gasteiger partial charge is 0.469 e. The van der Waals surface area contributed by atoms with Crippen molar-refractivity contribution in [2.75, 3.05) is 7.11 Å². The first-order valence-electron chi connectivity index (χ1n) is 7.33. The van der Waals surface area contributed by atoms with Gasteiger partial charge in [-0.3, -0.25) is 9.59 Å². The molecule has 1 N–H and O–H groups in total. The molecule has 0 saturated heterocycles. The number of carbonyl (C=O) groups excluding carboxylic acids is 2. The second-order valence-electron chi connectivity index (χ2n) is 6.57. The molecule has 1 spiro atoms. The molecule has 3 rings (SSSR count). The lowest BCUT2D eigenvalue weighted by molar-refractivity contribution is -0.171. The van der Waals surface area contributed by atoms with Crippen molar-refractivity contribution in [2.45, 2.75) is 44.6 Å². The SMILES string of the molecule is COC(=O)C1(C)CC2(c3ccccc3C2C)C1NC(C)=O. The van der Waals surface area contributed by atoms with Crippen LogP contribution in [0.3, 0.4) is 0 Å². The minimum atomic E-state index is -0.651. The smallest absolute Gasteiger partial charge is 0.313 e. The number of ether oxygens (including phenoxy) is 1. The maximum atomic E-state index is 12.2. The van der Waals surface area contributed by atoms with Crippen LogP contribution in [0.2, 0.25) is 0 Å². The van der Waals surface area contributed by atoms with Gasteiger partial charge in [-0.2, -0.15) is 0 Å². The molecule has 1 fully saturated rings. The Hall–Kier alpha value is -1.84. The van der Waals surface area contributed by atoms with Crippen molar-refractivity contribution in [3.8, 4) is 0 Å². The molecular weight excluding hydrogens is 266 g/mol. The molecule has 4 atom stereocenters. The highest BCUT2D eigenvalue weighted by molar-refractivity contribution is 5.84. The second-order valence-corrected chi connectivity index (χ2v) is 6.57. The fourth-order valence-electron chi connectivity index (χ4n) is 4.55. The Bertz CT molecular complexity index is 626. The van der Waals surface area contributed by atoms with E-state index in [4.69, 9.17) is 4.74 Å². The maximum Gasteiger partial charge on any atom is 0.313 e. The van der Waals surface area contributed by atoms with Gasteiger partial charge in [0.05, 0.1) is 18.6 Å². The Morgan fingerprint density at radius 1 is 1.33 bits per heavy atom. The number of benzene rings is 1.